The van der Waals surface area contributed by atoms with Crippen molar-refractivity contribution in [1.29, 1.82) is 0 Å². The van der Waals surface area contributed by atoms with Crippen LogP contribution in [-0.4, -0.2) is 59.8 Å². The molecule has 1 amide bonds. The highest BCUT2D eigenvalue weighted by Gasteiger charge is 2.28. The summed E-state index contributed by atoms with van der Waals surface area (Å²) >= 11 is 1.37. The standard InChI is InChI=1S/C17H18N2O5S/c1-23-14-5-3-2-4-12(14)16-18-13(10-25-16)17(22)19-6-7-24-11(9-19)8-15(20)21/h2-5,10-11H,6-9H2,1H3,(H,20,21). The van der Waals surface area contributed by atoms with Crippen LogP contribution in [0.3, 0.4) is 0 Å². The number of hydrogen-bond donors (Lipinski definition) is 1. The molecule has 0 aliphatic carbocycles. The highest BCUT2D eigenvalue weighted by atomic mass is 32.1. The fourth-order valence-corrected chi connectivity index (χ4v) is 3.52. The predicted octanol–water partition coefficient (Wildman–Crippen LogP) is 2.13. The van der Waals surface area contributed by atoms with Gasteiger partial charge in [0.25, 0.3) is 5.91 Å². The Morgan fingerprint density at radius 1 is 1.44 bits per heavy atom. The van der Waals surface area contributed by atoms with Gasteiger partial charge in [0, 0.05) is 18.5 Å². The van der Waals surface area contributed by atoms with Gasteiger partial charge >= 0.3 is 5.97 Å². The zero-order chi connectivity index (χ0) is 17.8. The van der Waals surface area contributed by atoms with Crippen LogP contribution < -0.4 is 4.74 Å². The van der Waals surface area contributed by atoms with E-state index in [0.717, 1.165) is 5.56 Å². The van der Waals surface area contributed by atoms with E-state index in [-0.39, 0.29) is 18.9 Å². The van der Waals surface area contributed by atoms with Gasteiger partial charge in [-0.05, 0) is 12.1 Å². The number of methoxy groups -OCH3 is 1. The topological polar surface area (TPSA) is 89.0 Å². The van der Waals surface area contributed by atoms with Crippen LogP contribution in [0.25, 0.3) is 10.6 Å². The van der Waals surface area contributed by atoms with Crippen molar-refractivity contribution in [3.63, 3.8) is 0 Å². The monoisotopic (exact) mass is 362 g/mol. The first-order valence-electron chi connectivity index (χ1n) is 7.80. The molecule has 1 aliphatic heterocycles. The molecule has 0 spiro atoms. The molecular formula is C17H18N2O5S. The first-order chi connectivity index (χ1) is 12.1. The minimum atomic E-state index is -0.939. The van der Waals surface area contributed by atoms with Crippen LogP contribution >= 0.6 is 11.3 Å². The third-order valence-corrected chi connectivity index (χ3v) is 4.76. The van der Waals surface area contributed by atoms with Crippen LogP contribution in [0, 0.1) is 0 Å². The van der Waals surface area contributed by atoms with Crippen LogP contribution in [0.5, 0.6) is 5.75 Å². The molecule has 1 aromatic heterocycles. The van der Waals surface area contributed by atoms with Crippen molar-refractivity contribution in [2.45, 2.75) is 12.5 Å². The molecule has 25 heavy (non-hydrogen) atoms. The number of thiazole rings is 1. The average Bonchev–Trinajstić information content (AvgIpc) is 3.10. The number of amides is 1. The molecule has 1 aliphatic rings. The lowest BCUT2D eigenvalue weighted by Gasteiger charge is -2.31. The summed E-state index contributed by atoms with van der Waals surface area (Å²) in [5, 5.41) is 11.3. The van der Waals surface area contributed by atoms with E-state index in [1.807, 2.05) is 24.3 Å². The largest absolute Gasteiger partial charge is 0.496 e. The highest BCUT2D eigenvalue weighted by molar-refractivity contribution is 7.13. The highest BCUT2D eigenvalue weighted by Crippen LogP contribution is 2.32. The Bertz CT molecular complexity index is 776. The molecule has 1 atom stereocenters. The molecule has 2 heterocycles. The third-order valence-electron chi connectivity index (χ3n) is 3.89. The van der Waals surface area contributed by atoms with E-state index < -0.39 is 12.1 Å². The Balaban J connectivity index is 1.75. The van der Waals surface area contributed by atoms with E-state index in [4.69, 9.17) is 14.6 Å². The number of carboxylic acids is 1. The summed E-state index contributed by atoms with van der Waals surface area (Å²) in [5.74, 6) is -0.453. The van der Waals surface area contributed by atoms with E-state index >= 15 is 0 Å². The number of aliphatic carboxylic acids is 1. The summed E-state index contributed by atoms with van der Waals surface area (Å²) in [6.45, 7) is 1.01. The summed E-state index contributed by atoms with van der Waals surface area (Å²) < 4.78 is 10.7. The van der Waals surface area contributed by atoms with Crippen LogP contribution in [0.2, 0.25) is 0 Å². The van der Waals surface area contributed by atoms with Crippen molar-refractivity contribution in [1.82, 2.24) is 9.88 Å². The molecule has 7 nitrogen and oxygen atoms in total. The van der Waals surface area contributed by atoms with E-state index in [1.165, 1.54) is 11.3 Å². The summed E-state index contributed by atoms with van der Waals surface area (Å²) in [6, 6.07) is 7.50. The summed E-state index contributed by atoms with van der Waals surface area (Å²) in [4.78, 5) is 29.5. The van der Waals surface area contributed by atoms with Gasteiger partial charge in [-0.3, -0.25) is 9.59 Å². The normalized spacial score (nSPS) is 17.3. The molecule has 1 aromatic carbocycles. The molecule has 0 saturated carbocycles. The zero-order valence-corrected chi connectivity index (χ0v) is 14.5. The molecule has 3 rings (SSSR count). The van der Waals surface area contributed by atoms with Crippen molar-refractivity contribution >= 4 is 23.2 Å². The number of para-hydroxylation sites is 1. The third kappa shape index (κ3) is 3.97. The number of nitrogens with zero attached hydrogens (tertiary/aromatic N) is 2. The smallest absolute Gasteiger partial charge is 0.306 e. The number of carboxylic acid groups (broad SMARTS) is 1. The molecule has 8 heteroatoms. The second-order valence-corrected chi connectivity index (χ2v) is 6.44. The quantitative estimate of drug-likeness (QED) is 0.877. The van der Waals surface area contributed by atoms with E-state index in [1.54, 1.807) is 17.4 Å². The minimum Gasteiger partial charge on any atom is -0.496 e. The number of rotatable bonds is 5. The van der Waals surface area contributed by atoms with Crippen molar-refractivity contribution in [2.24, 2.45) is 0 Å². The van der Waals surface area contributed by atoms with Crippen molar-refractivity contribution in [2.75, 3.05) is 26.8 Å². The number of benzene rings is 1. The molecule has 1 fully saturated rings. The second-order valence-electron chi connectivity index (χ2n) is 5.58. The van der Waals surface area contributed by atoms with Crippen molar-refractivity contribution < 1.29 is 24.2 Å². The maximum Gasteiger partial charge on any atom is 0.306 e. The number of carbonyl (C=O) groups is 2. The Morgan fingerprint density at radius 3 is 3.00 bits per heavy atom. The second kappa shape index (κ2) is 7.62. The van der Waals surface area contributed by atoms with Gasteiger partial charge in [-0.25, -0.2) is 4.98 Å². The van der Waals surface area contributed by atoms with E-state index in [2.05, 4.69) is 4.98 Å². The zero-order valence-electron chi connectivity index (χ0n) is 13.7. The average molecular weight is 362 g/mol. The maximum atomic E-state index is 12.7. The number of ether oxygens (including phenoxy) is 2. The lowest BCUT2D eigenvalue weighted by Crippen LogP contribution is -2.46. The number of morpholine rings is 1. The van der Waals surface area contributed by atoms with E-state index in [9.17, 15) is 9.59 Å². The Morgan fingerprint density at radius 2 is 2.24 bits per heavy atom. The minimum absolute atomic E-state index is 0.118. The van der Waals surface area contributed by atoms with Crippen molar-refractivity contribution in [3.05, 3.63) is 35.3 Å². The first kappa shape index (κ1) is 17.4. The van der Waals surface area contributed by atoms with Gasteiger partial charge in [-0.15, -0.1) is 11.3 Å². The maximum absolute atomic E-state index is 12.7. The molecule has 132 valence electrons. The lowest BCUT2D eigenvalue weighted by atomic mass is 10.2. The number of hydrogen-bond acceptors (Lipinski definition) is 6. The Hall–Kier alpha value is -2.45. The number of aromatic nitrogens is 1. The summed E-state index contributed by atoms with van der Waals surface area (Å²) in [5.41, 5.74) is 1.18. The van der Waals surface area contributed by atoms with Gasteiger partial charge < -0.3 is 19.5 Å². The number of carbonyl (C=O) groups excluding carboxylic acids is 1. The predicted molar refractivity (Wildman–Crippen MR) is 92.0 cm³/mol. The molecular weight excluding hydrogens is 344 g/mol. The molecule has 1 unspecified atom stereocenters. The fraction of sp³-hybridized carbons (Fsp3) is 0.353. The Labute approximate surface area is 148 Å². The SMILES string of the molecule is COc1ccccc1-c1nc(C(=O)N2CCOC(CC(=O)O)C2)cs1. The molecule has 0 radical (unpaired) electrons. The fourth-order valence-electron chi connectivity index (χ4n) is 2.70. The van der Waals surface area contributed by atoms with Gasteiger partial charge in [0.15, 0.2) is 0 Å². The van der Waals surface area contributed by atoms with Gasteiger partial charge in [0.1, 0.15) is 16.5 Å². The summed E-state index contributed by atoms with van der Waals surface area (Å²) in [6.07, 6.45) is -0.602. The van der Waals surface area contributed by atoms with Crippen LogP contribution in [0.15, 0.2) is 29.6 Å². The van der Waals surface area contributed by atoms with Gasteiger partial charge in [0.05, 0.1) is 31.8 Å². The van der Waals surface area contributed by atoms with Crippen LogP contribution in [-0.2, 0) is 9.53 Å². The van der Waals surface area contributed by atoms with Gasteiger partial charge in [0.2, 0.25) is 0 Å². The van der Waals surface area contributed by atoms with Crippen LogP contribution in [0.4, 0.5) is 0 Å². The lowest BCUT2D eigenvalue weighted by molar-refractivity contribution is -0.141. The van der Waals surface area contributed by atoms with Gasteiger partial charge in [-0.1, -0.05) is 12.1 Å². The first-order valence-corrected chi connectivity index (χ1v) is 8.68. The van der Waals surface area contributed by atoms with E-state index in [0.29, 0.717) is 29.6 Å². The molecule has 2 aromatic rings. The molecule has 1 N–H and O–H groups in total. The van der Waals surface area contributed by atoms with Gasteiger partial charge in [-0.2, -0.15) is 0 Å². The summed E-state index contributed by atoms with van der Waals surface area (Å²) in [7, 11) is 1.59. The molecule has 0 bridgehead atoms. The van der Waals surface area contributed by atoms with Crippen molar-refractivity contribution in [3.8, 4) is 16.3 Å². The molecule has 1 saturated heterocycles. The van der Waals surface area contributed by atoms with Crippen LogP contribution in [0.1, 0.15) is 16.9 Å². The Kier molecular flexibility index (Phi) is 5.30.